The van der Waals surface area contributed by atoms with Crippen LogP contribution in [-0.4, -0.2) is 31.3 Å². The summed E-state index contributed by atoms with van der Waals surface area (Å²) in [6, 6.07) is 3.99. The second-order valence-electron chi connectivity index (χ2n) is 4.08. The molecule has 1 aromatic rings. The number of hydrogen-bond acceptors (Lipinski definition) is 4. The van der Waals surface area contributed by atoms with Gasteiger partial charge in [-0.05, 0) is 23.8 Å². The molecule has 1 heterocycles. The maximum atomic E-state index is 11.5. The van der Waals surface area contributed by atoms with E-state index < -0.39 is 18.0 Å². The van der Waals surface area contributed by atoms with Crippen molar-refractivity contribution in [3.05, 3.63) is 35.5 Å². The monoisotopic (exact) mass is 278 g/mol. The Bertz CT molecular complexity index is 582. The molecule has 2 amide bonds. The highest BCUT2D eigenvalue weighted by Gasteiger charge is 2.23. The van der Waals surface area contributed by atoms with E-state index in [-0.39, 0.29) is 5.70 Å². The van der Waals surface area contributed by atoms with E-state index in [0.29, 0.717) is 17.1 Å². The Morgan fingerprint density at radius 3 is 2.55 bits per heavy atom. The van der Waals surface area contributed by atoms with Crippen molar-refractivity contribution in [3.63, 3.8) is 0 Å². The number of aliphatic carboxylic acids is 1. The lowest BCUT2D eigenvalue weighted by Crippen LogP contribution is -2.43. The minimum atomic E-state index is -1.19. The van der Waals surface area contributed by atoms with Crippen LogP contribution in [0.25, 0.3) is 0 Å². The minimum Gasteiger partial charge on any atom is -0.493 e. The van der Waals surface area contributed by atoms with Crippen molar-refractivity contribution in [2.75, 3.05) is 14.2 Å². The van der Waals surface area contributed by atoms with Gasteiger partial charge in [0.05, 0.1) is 20.3 Å². The summed E-state index contributed by atoms with van der Waals surface area (Å²) in [5.74, 6) is -0.132. The van der Waals surface area contributed by atoms with Gasteiger partial charge in [0.15, 0.2) is 11.5 Å². The lowest BCUT2D eigenvalue weighted by Gasteiger charge is -2.22. The fourth-order valence-corrected chi connectivity index (χ4v) is 1.90. The van der Waals surface area contributed by atoms with E-state index in [1.54, 1.807) is 18.2 Å². The summed E-state index contributed by atoms with van der Waals surface area (Å²) >= 11 is 0. The van der Waals surface area contributed by atoms with Crippen LogP contribution in [0.5, 0.6) is 11.5 Å². The van der Waals surface area contributed by atoms with Crippen molar-refractivity contribution in [2.24, 2.45) is 0 Å². The Kier molecular flexibility index (Phi) is 3.79. The molecule has 1 aliphatic rings. The lowest BCUT2D eigenvalue weighted by atomic mass is 10.0. The Hall–Kier alpha value is -2.70. The Morgan fingerprint density at radius 1 is 1.25 bits per heavy atom. The average Bonchev–Trinajstić information content (AvgIpc) is 2.45. The van der Waals surface area contributed by atoms with E-state index in [4.69, 9.17) is 14.6 Å². The van der Waals surface area contributed by atoms with Crippen LogP contribution in [0.15, 0.2) is 30.0 Å². The minimum absolute atomic E-state index is 0.159. The molecule has 106 valence electrons. The van der Waals surface area contributed by atoms with Crippen LogP contribution < -0.4 is 20.1 Å². The van der Waals surface area contributed by atoms with Crippen LogP contribution >= 0.6 is 0 Å². The van der Waals surface area contributed by atoms with E-state index in [2.05, 4.69) is 10.6 Å². The van der Waals surface area contributed by atoms with Gasteiger partial charge in [0.1, 0.15) is 5.70 Å². The molecular weight excluding hydrogens is 264 g/mol. The summed E-state index contributed by atoms with van der Waals surface area (Å²) in [6.45, 7) is 0. The highest BCUT2D eigenvalue weighted by molar-refractivity contribution is 5.93. The molecule has 3 N–H and O–H groups in total. The predicted molar refractivity (Wildman–Crippen MR) is 69.7 cm³/mol. The highest BCUT2D eigenvalue weighted by Crippen LogP contribution is 2.31. The third-order valence-corrected chi connectivity index (χ3v) is 2.87. The second-order valence-corrected chi connectivity index (χ2v) is 4.08. The summed E-state index contributed by atoms with van der Waals surface area (Å²) < 4.78 is 10.3. The van der Waals surface area contributed by atoms with Crippen molar-refractivity contribution in [1.29, 1.82) is 0 Å². The number of benzene rings is 1. The van der Waals surface area contributed by atoms with Gasteiger partial charge in [0, 0.05) is 0 Å². The Balaban J connectivity index is 2.37. The maximum absolute atomic E-state index is 11.5. The quantitative estimate of drug-likeness (QED) is 0.764. The van der Waals surface area contributed by atoms with E-state index >= 15 is 0 Å². The Morgan fingerprint density at radius 2 is 1.95 bits per heavy atom. The molecule has 2 rings (SSSR count). The molecule has 0 bridgehead atoms. The molecule has 0 fully saturated rings. The smallest absolute Gasteiger partial charge is 0.352 e. The van der Waals surface area contributed by atoms with E-state index in [0.717, 1.165) is 0 Å². The number of rotatable bonds is 4. The summed E-state index contributed by atoms with van der Waals surface area (Å²) in [5, 5.41) is 13.8. The van der Waals surface area contributed by atoms with Crippen molar-refractivity contribution < 1.29 is 24.2 Å². The molecule has 0 unspecified atom stereocenters. The van der Waals surface area contributed by atoms with Crippen molar-refractivity contribution in [1.82, 2.24) is 10.6 Å². The number of nitrogens with one attached hydrogen (secondary N) is 2. The average molecular weight is 278 g/mol. The van der Waals surface area contributed by atoms with Crippen LogP contribution in [0.2, 0.25) is 0 Å². The number of carboxylic acids is 1. The van der Waals surface area contributed by atoms with Crippen molar-refractivity contribution in [3.8, 4) is 11.5 Å². The summed E-state index contributed by atoms with van der Waals surface area (Å²) in [6.07, 6.45) is 1.42. The molecule has 1 aliphatic heterocycles. The fourth-order valence-electron chi connectivity index (χ4n) is 1.90. The molecule has 0 radical (unpaired) electrons. The van der Waals surface area contributed by atoms with Crippen molar-refractivity contribution >= 4 is 12.0 Å². The SMILES string of the molecule is COc1ccc([C@@H]2C=C(C(=O)O)NC(=O)N2)cc1OC. The first kappa shape index (κ1) is 13.7. The van der Waals surface area contributed by atoms with Gasteiger partial charge in [-0.15, -0.1) is 0 Å². The highest BCUT2D eigenvalue weighted by atomic mass is 16.5. The summed E-state index contributed by atoms with van der Waals surface area (Å²) in [4.78, 5) is 22.4. The maximum Gasteiger partial charge on any atom is 0.352 e. The molecular formula is C13H14N2O5. The number of carboxylic acid groups (broad SMARTS) is 1. The zero-order chi connectivity index (χ0) is 14.7. The third kappa shape index (κ3) is 2.66. The van der Waals surface area contributed by atoms with Gasteiger partial charge in [-0.25, -0.2) is 9.59 Å². The zero-order valence-electron chi connectivity index (χ0n) is 11.0. The zero-order valence-corrected chi connectivity index (χ0v) is 11.0. The van der Waals surface area contributed by atoms with E-state index in [1.165, 1.54) is 20.3 Å². The van der Waals surface area contributed by atoms with Crippen LogP contribution in [0, 0.1) is 0 Å². The number of carbonyl (C=O) groups excluding carboxylic acids is 1. The predicted octanol–water partition coefficient (Wildman–Crippen LogP) is 1.03. The molecule has 0 saturated heterocycles. The van der Waals surface area contributed by atoms with Gasteiger partial charge in [-0.1, -0.05) is 6.07 Å². The molecule has 0 aliphatic carbocycles. The molecule has 0 spiro atoms. The molecule has 0 saturated carbocycles. The largest absolute Gasteiger partial charge is 0.493 e. The molecule has 7 nitrogen and oxygen atoms in total. The lowest BCUT2D eigenvalue weighted by molar-refractivity contribution is -0.133. The normalized spacial score (nSPS) is 17.6. The number of urea groups is 1. The summed E-state index contributed by atoms with van der Waals surface area (Å²) in [7, 11) is 3.02. The van der Waals surface area contributed by atoms with E-state index in [1.807, 2.05) is 0 Å². The number of amides is 2. The molecule has 1 atom stereocenters. The number of ether oxygens (including phenoxy) is 2. The number of methoxy groups -OCH3 is 2. The first-order chi connectivity index (χ1) is 9.55. The first-order valence-electron chi connectivity index (χ1n) is 5.79. The third-order valence-electron chi connectivity index (χ3n) is 2.87. The number of carbonyl (C=O) groups is 2. The van der Waals surface area contributed by atoms with Gasteiger partial charge < -0.3 is 25.2 Å². The first-order valence-corrected chi connectivity index (χ1v) is 5.79. The van der Waals surface area contributed by atoms with Crippen LogP contribution in [0.4, 0.5) is 4.79 Å². The topological polar surface area (TPSA) is 96.9 Å². The standard InChI is InChI=1S/C13H14N2O5/c1-19-10-4-3-7(5-11(10)20-2)8-6-9(12(16)17)15-13(18)14-8/h3-6,8H,1-2H3,(H,16,17)(H2,14,15,18)/t8-/m0/s1. The summed E-state index contributed by atoms with van der Waals surface area (Å²) in [5.41, 5.74) is 0.532. The second kappa shape index (κ2) is 5.52. The van der Waals surface area contributed by atoms with Gasteiger partial charge in [0.25, 0.3) is 0 Å². The molecule has 0 aromatic heterocycles. The molecule has 7 heteroatoms. The van der Waals surface area contributed by atoms with Gasteiger partial charge in [-0.2, -0.15) is 0 Å². The van der Waals surface area contributed by atoms with Crippen LogP contribution in [0.1, 0.15) is 11.6 Å². The molecule has 1 aromatic carbocycles. The number of hydrogen-bond donors (Lipinski definition) is 3. The van der Waals surface area contributed by atoms with Gasteiger partial charge in [-0.3, -0.25) is 0 Å². The van der Waals surface area contributed by atoms with Crippen molar-refractivity contribution in [2.45, 2.75) is 6.04 Å². The van der Waals surface area contributed by atoms with Gasteiger partial charge >= 0.3 is 12.0 Å². The molecule has 20 heavy (non-hydrogen) atoms. The Labute approximate surface area is 115 Å². The van der Waals surface area contributed by atoms with Crippen LogP contribution in [-0.2, 0) is 4.79 Å². The van der Waals surface area contributed by atoms with E-state index in [9.17, 15) is 9.59 Å². The van der Waals surface area contributed by atoms with Crippen LogP contribution in [0.3, 0.4) is 0 Å². The fraction of sp³-hybridized carbons (Fsp3) is 0.231. The van der Waals surface area contributed by atoms with Gasteiger partial charge in [0.2, 0.25) is 0 Å².